The number of nitrogens with two attached hydrogens (primary N) is 1. The Morgan fingerprint density at radius 2 is 2.00 bits per heavy atom. The standard InChI is InChI=1S/C5H12F2N2O2S/c1-9(4-5(6)7)12(10,11)3-2-8/h5H,2-4,8H2,1H3. The Hall–Kier alpha value is -0.270. The molecule has 0 saturated heterocycles. The highest BCUT2D eigenvalue weighted by Gasteiger charge is 2.19. The summed E-state index contributed by atoms with van der Waals surface area (Å²) in [6, 6.07) is 0. The maximum atomic E-state index is 11.7. The normalized spacial score (nSPS) is 12.8. The van der Waals surface area contributed by atoms with Crippen LogP contribution in [-0.2, 0) is 10.0 Å². The summed E-state index contributed by atoms with van der Waals surface area (Å²) < 4.78 is 46.0. The second kappa shape index (κ2) is 4.68. The molecule has 0 spiro atoms. The van der Waals surface area contributed by atoms with E-state index in [0.717, 1.165) is 7.05 Å². The lowest BCUT2D eigenvalue weighted by Gasteiger charge is -2.15. The van der Waals surface area contributed by atoms with Gasteiger partial charge in [-0.25, -0.2) is 17.2 Å². The molecular weight excluding hydrogens is 190 g/mol. The van der Waals surface area contributed by atoms with Gasteiger partial charge in [0.1, 0.15) is 0 Å². The second-order valence-electron chi connectivity index (χ2n) is 2.28. The average molecular weight is 202 g/mol. The van der Waals surface area contributed by atoms with E-state index in [1.165, 1.54) is 0 Å². The highest BCUT2D eigenvalue weighted by Crippen LogP contribution is 2.01. The molecule has 12 heavy (non-hydrogen) atoms. The molecule has 0 aromatic carbocycles. The zero-order valence-electron chi connectivity index (χ0n) is 6.70. The molecule has 0 bridgehead atoms. The molecule has 0 radical (unpaired) electrons. The SMILES string of the molecule is CN(CC(F)F)S(=O)(=O)CCN. The van der Waals surface area contributed by atoms with Crippen molar-refractivity contribution < 1.29 is 17.2 Å². The van der Waals surface area contributed by atoms with Crippen molar-refractivity contribution in [3.63, 3.8) is 0 Å². The van der Waals surface area contributed by atoms with Crippen LogP contribution in [0.3, 0.4) is 0 Å². The molecule has 0 heterocycles. The zero-order valence-corrected chi connectivity index (χ0v) is 7.52. The Balaban J connectivity index is 4.16. The van der Waals surface area contributed by atoms with Gasteiger partial charge in [0, 0.05) is 13.6 Å². The molecule has 7 heteroatoms. The number of halogens is 2. The molecule has 0 aromatic rings. The Bertz CT molecular complexity index is 217. The van der Waals surface area contributed by atoms with E-state index in [9.17, 15) is 17.2 Å². The van der Waals surface area contributed by atoms with Crippen molar-refractivity contribution in [2.75, 3.05) is 25.9 Å². The van der Waals surface area contributed by atoms with Crippen molar-refractivity contribution in [1.29, 1.82) is 0 Å². The predicted octanol–water partition coefficient (Wildman–Crippen LogP) is -0.528. The summed E-state index contributed by atoms with van der Waals surface area (Å²) in [7, 11) is -2.47. The van der Waals surface area contributed by atoms with Gasteiger partial charge in [0.2, 0.25) is 10.0 Å². The Labute approximate surface area is 70.4 Å². The topological polar surface area (TPSA) is 63.4 Å². The lowest BCUT2D eigenvalue weighted by molar-refractivity contribution is 0.126. The summed E-state index contributed by atoms with van der Waals surface area (Å²) in [6.07, 6.45) is -2.65. The number of rotatable bonds is 5. The fraction of sp³-hybridized carbons (Fsp3) is 1.00. The van der Waals surface area contributed by atoms with Gasteiger partial charge in [-0.05, 0) is 0 Å². The van der Waals surface area contributed by atoms with Crippen LogP contribution in [0.4, 0.5) is 8.78 Å². The molecule has 0 unspecified atom stereocenters. The summed E-state index contributed by atoms with van der Waals surface area (Å²) >= 11 is 0. The van der Waals surface area contributed by atoms with Gasteiger partial charge in [-0.2, -0.15) is 4.31 Å². The van der Waals surface area contributed by atoms with Crippen LogP contribution >= 0.6 is 0 Å². The van der Waals surface area contributed by atoms with Crippen molar-refractivity contribution >= 4 is 10.0 Å². The lowest BCUT2D eigenvalue weighted by Crippen LogP contribution is -2.35. The minimum absolute atomic E-state index is 0.0596. The second-order valence-corrected chi connectivity index (χ2v) is 4.47. The van der Waals surface area contributed by atoms with Gasteiger partial charge in [-0.1, -0.05) is 0 Å². The summed E-state index contributed by atoms with van der Waals surface area (Å²) in [4.78, 5) is 0. The van der Waals surface area contributed by atoms with E-state index in [-0.39, 0.29) is 12.3 Å². The minimum Gasteiger partial charge on any atom is -0.329 e. The van der Waals surface area contributed by atoms with Crippen molar-refractivity contribution in [2.24, 2.45) is 5.73 Å². The third-order valence-electron chi connectivity index (χ3n) is 1.25. The lowest BCUT2D eigenvalue weighted by atomic mass is 10.7. The Morgan fingerprint density at radius 3 is 2.33 bits per heavy atom. The molecule has 2 N–H and O–H groups in total. The van der Waals surface area contributed by atoms with Crippen LogP contribution in [-0.4, -0.2) is 45.0 Å². The van der Waals surface area contributed by atoms with Gasteiger partial charge in [-0.3, -0.25) is 0 Å². The molecule has 0 atom stereocenters. The first-order chi connectivity index (χ1) is 5.40. The van der Waals surface area contributed by atoms with E-state index in [2.05, 4.69) is 0 Å². The maximum absolute atomic E-state index is 11.7. The highest BCUT2D eigenvalue weighted by atomic mass is 32.2. The van der Waals surface area contributed by atoms with Gasteiger partial charge in [0.25, 0.3) is 6.43 Å². The van der Waals surface area contributed by atoms with Gasteiger partial charge in [-0.15, -0.1) is 0 Å². The number of nitrogens with zero attached hydrogens (tertiary/aromatic N) is 1. The minimum atomic E-state index is -3.58. The van der Waals surface area contributed by atoms with Crippen molar-refractivity contribution in [1.82, 2.24) is 4.31 Å². The van der Waals surface area contributed by atoms with Crippen LogP contribution < -0.4 is 5.73 Å². The number of hydrogen-bond acceptors (Lipinski definition) is 3. The summed E-state index contributed by atoms with van der Waals surface area (Å²) in [6.45, 7) is -0.835. The Kier molecular flexibility index (Phi) is 4.58. The largest absolute Gasteiger partial charge is 0.329 e. The van der Waals surface area contributed by atoms with Gasteiger partial charge < -0.3 is 5.73 Å². The molecule has 4 nitrogen and oxygen atoms in total. The molecule has 74 valence electrons. The van der Waals surface area contributed by atoms with E-state index in [0.29, 0.717) is 4.31 Å². The molecule has 0 saturated carbocycles. The maximum Gasteiger partial charge on any atom is 0.252 e. The number of alkyl halides is 2. The number of hydrogen-bond donors (Lipinski definition) is 1. The Morgan fingerprint density at radius 1 is 1.50 bits per heavy atom. The van der Waals surface area contributed by atoms with Crippen LogP contribution in [0.5, 0.6) is 0 Å². The van der Waals surface area contributed by atoms with Crippen LogP contribution in [0, 0.1) is 0 Å². The first-order valence-corrected chi connectivity index (χ1v) is 4.93. The van der Waals surface area contributed by atoms with Crippen molar-refractivity contribution in [3.05, 3.63) is 0 Å². The molecule has 0 fully saturated rings. The fourth-order valence-electron chi connectivity index (χ4n) is 0.613. The van der Waals surface area contributed by atoms with E-state index in [4.69, 9.17) is 5.73 Å². The quantitative estimate of drug-likeness (QED) is 0.652. The molecule has 0 aliphatic rings. The van der Waals surface area contributed by atoms with Crippen LogP contribution in [0.25, 0.3) is 0 Å². The molecule has 0 aromatic heterocycles. The number of sulfonamides is 1. The average Bonchev–Trinajstić information content (AvgIpc) is 1.85. The molecule has 0 rings (SSSR count). The smallest absolute Gasteiger partial charge is 0.252 e. The van der Waals surface area contributed by atoms with Gasteiger partial charge >= 0.3 is 0 Å². The zero-order chi connectivity index (χ0) is 9.78. The summed E-state index contributed by atoms with van der Waals surface area (Å²) in [5, 5.41) is 0. The van der Waals surface area contributed by atoms with Crippen molar-refractivity contribution in [3.8, 4) is 0 Å². The van der Waals surface area contributed by atoms with Crippen LogP contribution in [0.2, 0.25) is 0 Å². The molecule has 0 aliphatic carbocycles. The fourth-order valence-corrected chi connectivity index (χ4v) is 1.56. The molecular formula is C5H12F2N2O2S. The third kappa shape index (κ3) is 3.93. The first kappa shape index (κ1) is 11.7. The van der Waals surface area contributed by atoms with Crippen molar-refractivity contribution in [2.45, 2.75) is 6.43 Å². The predicted molar refractivity (Wildman–Crippen MR) is 41.5 cm³/mol. The van der Waals surface area contributed by atoms with Gasteiger partial charge in [0.05, 0.1) is 12.3 Å². The summed E-state index contributed by atoms with van der Waals surface area (Å²) in [5.74, 6) is -0.295. The molecule has 0 amide bonds. The van der Waals surface area contributed by atoms with Gasteiger partial charge in [0.15, 0.2) is 0 Å². The van der Waals surface area contributed by atoms with Crippen LogP contribution in [0.15, 0.2) is 0 Å². The van der Waals surface area contributed by atoms with E-state index < -0.39 is 23.0 Å². The third-order valence-corrected chi connectivity index (χ3v) is 3.10. The van der Waals surface area contributed by atoms with Crippen LogP contribution in [0.1, 0.15) is 0 Å². The van der Waals surface area contributed by atoms with E-state index >= 15 is 0 Å². The first-order valence-electron chi connectivity index (χ1n) is 3.32. The monoisotopic (exact) mass is 202 g/mol. The van der Waals surface area contributed by atoms with E-state index in [1.807, 2.05) is 0 Å². The summed E-state index contributed by atoms with van der Waals surface area (Å²) in [5.41, 5.74) is 4.99. The van der Waals surface area contributed by atoms with E-state index in [1.54, 1.807) is 0 Å². The molecule has 0 aliphatic heterocycles. The highest BCUT2D eigenvalue weighted by molar-refractivity contribution is 7.89.